The Hall–Kier alpha value is -1.29. The third kappa shape index (κ3) is 4.10. The van der Waals surface area contributed by atoms with Crippen molar-refractivity contribution in [2.45, 2.75) is 39.7 Å². The number of aromatic nitrogens is 1. The molecule has 2 heterocycles. The van der Waals surface area contributed by atoms with Crippen LogP contribution in [0.5, 0.6) is 0 Å². The highest BCUT2D eigenvalue weighted by atomic mass is 16.1. The highest BCUT2D eigenvalue weighted by Crippen LogP contribution is 2.24. The lowest BCUT2D eigenvalue weighted by Gasteiger charge is -2.33. The predicted molar refractivity (Wildman–Crippen MR) is 83.7 cm³/mol. The number of nitrogen functional groups attached to an aromatic ring is 1. The van der Waals surface area contributed by atoms with Crippen molar-refractivity contribution < 1.29 is 0 Å². The van der Waals surface area contributed by atoms with Crippen LogP contribution in [0.15, 0.2) is 23.1 Å². The summed E-state index contributed by atoms with van der Waals surface area (Å²) in [7, 11) is 0. The fourth-order valence-corrected chi connectivity index (χ4v) is 3.03. The lowest BCUT2D eigenvalue weighted by atomic mass is 9.87. The number of anilines is 1. The van der Waals surface area contributed by atoms with Crippen LogP contribution in [0.25, 0.3) is 0 Å². The highest BCUT2D eigenvalue weighted by molar-refractivity contribution is 5.33. The van der Waals surface area contributed by atoms with Crippen LogP contribution in [0.2, 0.25) is 0 Å². The third-order valence-electron chi connectivity index (χ3n) is 4.45. The Morgan fingerprint density at radius 3 is 2.60 bits per heavy atom. The number of rotatable bonds is 5. The second kappa shape index (κ2) is 6.93. The van der Waals surface area contributed by atoms with Gasteiger partial charge in [0.1, 0.15) is 0 Å². The van der Waals surface area contributed by atoms with Crippen molar-refractivity contribution in [1.82, 2.24) is 9.47 Å². The molecule has 20 heavy (non-hydrogen) atoms. The number of nitrogens with zero attached hydrogens (tertiary/aromatic N) is 2. The normalized spacial score (nSPS) is 17.8. The summed E-state index contributed by atoms with van der Waals surface area (Å²) in [4.78, 5) is 14.2. The largest absolute Gasteiger partial charge is 0.398 e. The molecule has 0 bridgehead atoms. The zero-order chi connectivity index (χ0) is 14.5. The summed E-state index contributed by atoms with van der Waals surface area (Å²) in [6, 6.07) is 3.21. The molecule has 112 valence electrons. The molecule has 0 radical (unpaired) electrons. The molecular weight excluding hydrogens is 250 g/mol. The van der Waals surface area contributed by atoms with E-state index in [9.17, 15) is 4.79 Å². The molecule has 1 aliphatic heterocycles. The minimum absolute atomic E-state index is 0.0396. The summed E-state index contributed by atoms with van der Waals surface area (Å²) in [5.74, 6) is 1.70. The van der Waals surface area contributed by atoms with E-state index in [1.54, 1.807) is 22.9 Å². The first-order chi connectivity index (χ1) is 9.56. The molecule has 0 unspecified atom stereocenters. The van der Waals surface area contributed by atoms with Crippen molar-refractivity contribution in [3.05, 3.63) is 28.7 Å². The van der Waals surface area contributed by atoms with E-state index in [0.717, 1.165) is 31.3 Å². The van der Waals surface area contributed by atoms with Crippen LogP contribution in [0.1, 0.15) is 33.1 Å². The highest BCUT2D eigenvalue weighted by Gasteiger charge is 2.20. The van der Waals surface area contributed by atoms with E-state index in [2.05, 4.69) is 18.7 Å². The van der Waals surface area contributed by atoms with Gasteiger partial charge in [-0.05, 0) is 56.8 Å². The molecule has 1 aliphatic rings. The van der Waals surface area contributed by atoms with Crippen LogP contribution in [0.4, 0.5) is 5.69 Å². The number of hydrogen-bond donors (Lipinski definition) is 1. The van der Waals surface area contributed by atoms with Gasteiger partial charge >= 0.3 is 0 Å². The molecule has 0 atom stereocenters. The van der Waals surface area contributed by atoms with E-state index < -0.39 is 0 Å². The van der Waals surface area contributed by atoms with E-state index in [0.29, 0.717) is 5.69 Å². The number of piperidine rings is 1. The van der Waals surface area contributed by atoms with Crippen molar-refractivity contribution in [2.24, 2.45) is 11.8 Å². The van der Waals surface area contributed by atoms with Crippen molar-refractivity contribution in [1.29, 1.82) is 0 Å². The molecule has 2 rings (SSSR count). The van der Waals surface area contributed by atoms with Crippen LogP contribution in [0, 0.1) is 11.8 Å². The number of hydrogen-bond acceptors (Lipinski definition) is 3. The monoisotopic (exact) mass is 277 g/mol. The number of likely N-dealkylation sites (tertiary alicyclic amines) is 1. The smallest absolute Gasteiger partial charge is 0.250 e. The van der Waals surface area contributed by atoms with Gasteiger partial charge in [0, 0.05) is 24.5 Å². The average molecular weight is 277 g/mol. The van der Waals surface area contributed by atoms with Crippen molar-refractivity contribution in [3.63, 3.8) is 0 Å². The fraction of sp³-hybridized carbons (Fsp3) is 0.688. The van der Waals surface area contributed by atoms with E-state index in [1.165, 1.54) is 25.9 Å². The molecule has 1 saturated heterocycles. The molecule has 2 N–H and O–H groups in total. The summed E-state index contributed by atoms with van der Waals surface area (Å²) in [6.07, 6.45) is 5.38. The molecule has 0 saturated carbocycles. The lowest BCUT2D eigenvalue weighted by Crippen LogP contribution is -2.36. The topological polar surface area (TPSA) is 51.3 Å². The van der Waals surface area contributed by atoms with E-state index in [4.69, 9.17) is 5.73 Å². The van der Waals surface area contributed by atoms with Gasteiger partial charge in [-0.1, -0.05) is 13.8 Å². The Bertz CT molecular complexity index is 473. The Morgan fingerprint density at radius 1 is 1.25 bits per heavy atom. The third-order valence-corrected chi connectivity index (χ3v) is 4.45. The SMILES string of the molecule is CC(C)C1CCN(CCCn2cc(N)ccc2=O)CC1. The zero-order valence-corrected chi connectivity index (χ0v) is 12.7. The maximum atomic E-state index is 11.7. The summed E-state index contributed by atoms with van der Waals surface area (Å²) < 4.78 is 1.72. The van der Waals surface area contributed by atoms with E-state index >= 15 is 0 Å². The van der Waals surface area contributed by atoms with Gasteiger partial charge < -0.3 is 15.2 Å². The summed E-state index contributed by atoms with van der Waals surface area (Å²) in [6.45, 7) is 8.89. The van der Waals surface area contributed by atoms with Gasteiger partial charge in [-0.25, -0.2) is 0 Å². The number of pyridine rings is 1. The maximum absolute atomic E-state index is 11.7. The van der Waals surface area contributed by atoms with Crippen LogP contribution >= 0.6 is 0 Å². The first-order valence-corrected chi connectivity index (χ1v) is 7.74. The van der Waals surface area contributed by atoms with Gasteiger partial charge in [-0.2, -0.15) is 0 Å². The molecule has 1 aromatic heterocycles. The van der Waals surface area contributed by atoms with E-state index in [-0.39, 0.29) is 5.56 Å². The molecule has 0 aromatic carbocycles. The molecule has 0 amide bonds. The van der Waals surface area contributed by atoms with Crippen LogP contribution < -0.4 is 11.3 Å². The summed E-state index contributed by atoms with van der Waals surface area (Å²) >= 11 is 0. The van der Waals surface area contributed by atoms with Crippen LogP contribution in [-0.4, -0.2) is 29.1 Å². The predicted octanol–water partition coefficient (Wildman–Crippen LogP) is 2.19. The van der Waals surface area contributed by atoms with Crippen LogP contribution in [0.3, 0.4) is 0 Å². The Balaban J connectivity index is 1.74. The Morgan fingerprint density at radius 2 is 1.95 bits per heavy atom. The van der Waals surface area contributed by atoms with Crippen molar-refractivity contribution in [2.75, 3.05) is 25.4 Å². The van der Waals surface area contributed by atoms with Gasteiger partial charge in [0.05, 0.1) is 0 Å². The summed E-state index contributed by atoms with van der Waals surface area (Å²) in [5.41, 5.74) is 6.41. The van der Waals surface area contributed by atoms with Crippen molar-refractivity contribution >= 4 is 5.69 Å². The average Bonchev–Trinajstić information content (AvgIpc) is 2.43. The first kappa shape index (κ1) is 15.1. The molecule has 1 fully saturated rings. The Kier molecular flexibility index (Phi) is 5.24. The number of nitrogens with two attached hydrogens (primary N) is 1. The minimum atomic E-state index is 0.0396. The maximum Gasteiger partial charge on any atom is 0.250 e. The molecule has 0 spiro atoms. The lowest BCUT2D eigenvalue weighted by molar-refractivity contribution is 0.155. The minimum Gasteiger partial charge on any atom is -0.398 e. The fourth-order valence-electron chi connectivity index (χ4n) is 3.03. The first-order valence-electron chi connectivity index (χ1n) is 7.74. The summed E-state index contributed by atoms with van der Waals surface area (Å²) in [5, 5.41) is 0. The van der Waals surface area contributed by atoms with Gasteiger partial charge in [-0.15, -0.1) is 0 Å². The number of aryl methyl sites for hydroxylation is 1. The molecule has 4 nitrogen and oxygen atoms in total. The molecule has 0 aliphatic carbocycles. The standard InChI is InChI=1S/C16H27N3O/c1-13(2)14-6-10-18(11-7-14)8-3-9-19-12-15(17)4-5-16(19)20/h4-5,12-14H,3,6-11,17H2,1-2H3. The van der Waals surface area contributed by atoms with Gasteiger partial charge in [0.15, 0.2) is 0 Å². The van der Waals surface area contributed by atoms with Crippen molar-refractivity contribution in [3.8, 4) is 0 Å². The zero-order valence-electron chi connectivity index (χ0n) is 12.7. The van der Waals surface area contributed by atoms with Gasteiger partial charge in [0.2, 0.25) is 0 Å². The second-order valence-corrected chi connectivity index (χ2v) is 6.27. The molecule has 1 aromatic rings. The second-order valence-electron chi connectivity index (χ2n) is 6.27. The van der Waals surface area contributed by atoms with Crippen LogP contribution in [-0.2, 0) is 6.54 Å². The quantitative estimate of drug-likeness (QED) is 0.897. The molecular formula is C16H27N3O. The van der Waals surface area contributed by atoms with Gasteiger partial charge in [-0.3, -0.25) is 4.79 Å². The van der Waals surface area contributed by atoms with Gasteiger partial charge in [0.25, 0.3) is 5.56 Å². The van der Waals surface area contributed by atoms with E-state index in [1.807, 2.05) is 0 Å². The Labute approximate surface area is 121 Å². The molecule has 4 heteroatoms.